The predicted molar refractivity (Wildman–Crippen MR) is 254 cm³/mol. The van der Waals surface area contributed by atoms with Crippen molar-refractivity contribution in [1.29, 1.82) is 0 Å². The van der Waals surface area contributed by atoms with Crippen LogP contribution in [0.3, 0.4) is 0 Å². The summed E-state index contributed by atoms with van der Waals surface area (Å²) in [5, 5.41) is 6.66. The van der Waals surface area contributed by atoms with Crippen LogP contribution in [0.5, 0.6) is 0 Å². The fourth-order valence-electron chi connectivity index (χ4n) is 7.93. The van der Waals surface area contributed by atoms with Crippen molar-refractivity contribution in [1.82, 2.24) is 19.8 Å². The van der Waals surface area contributed by atoms with Gasteiger partial charge in [0.05, 0.1) is 28.1 Å². The van der Waals surface area contributed by atoms with Crippen LogP contribution in [0.1, 0.15) is 122 Å². The molecule has 2 amide bonds. The van der Waals surface area contributed by atoms with Gasteiger partial charge in [-0.2, -0.15) is 0 Å². The van der Waals surface area contributed by atoms with Gasteiger partial charge in [0.1, 0.15) is 0 Å². The van der Waals surface area contributed by atoms with Gasteiger partial charge in [-0.15, -0.1) is 0 Å². The molecule has 5 aromatic carbocycles. The lowest BCUT2D eigenvalue weighted by atomic mass is 9.82. The molecule has 0 bridgehead atoms. The van der Waals surface area contributed by atoms with Crippen LogP contribution in [0.4, 0.5) is 0 Å². The molecular weight excluding hydrogens is 789 g/mol. The fraction of sp³-hybridized carbons (Fsp3) is 0.283. The summed E-state index contributed by atoms with van der Waals surface area (Å²) in [6.45, 7) is 18.1. The van der Waals surface area contributed by atoms with Crippen LogP contribution in [-0.4, -0.2) is 26.5 Å². The van der Waals surface area contributed by atoms with Crippen LogP contribution in [-0.2, 0) is 24.0 Å². The lowest BCUT2D eigenvalue weighted by Gasteiger charge is -2.33. The van der Waals surface area contributed by atoms with Gasteiger partial charge in [0.25, 0.3) is 34.1 Å². The van der Waals surface area contributed by atoms with Crippen molar-refractivity contribution < 1.29 is 9.59 Å². The average molecular weight is 843 g/mol. The monoisotopic (exact) mass is 842 g/mol. The largest absolute Gasteiger partial charge is 0.348 e. The van der Waals surface area contributed by atoms with Crippen molar-refractivity contribution >= 4 is 45.5 Å². The van der Waals surface area contributed by atoms with Crippen LogP contribution in [0.25, 0.3) is 33.7 Å². The third kappa shape index (κ3) is 9.16. The van der Waals surface area contributed by atoms with Crippen LogP contribution in [0.2, 0.25) is 0 Å². The molecule has 0 aliphatic heterocycles. The van der Waals surface area contributed by atoms with Gasteiger partial charge in [-0.3, -0.25) is 37.9 Å². The average Bonchev–Trinajstić information content (AvgIpc) is 3.63. The summed E-state index contributed by atoms with van der Waals surface area (Å²) in [6, 6.07) is 33.3. The van der Waals surface area contributed by atoms with E-state index in [1.807, 2.05) is 106 Å². The fourth-order valence-corrected chi connectivity index (χ4v) is 7.93. The second-order valence-electron chi connectivity index (χ2n) is 19.1. The number of nitrogens with zero attached hydrogens (tertiary/aromatic N) is 2. The molecule has 0 aliphatic carbocycles. The summed E-state index contributed by atoms with van der Waals surface area (Å²) in [6.07, 6.45) is 3.91. The summed E-state index contributed by atoms with van der Waals surface area (Å²) in [7, 11) is 0. The Morgan fingerprint density at radius 3 is 1.60 bits per heavy atom. The molecule has 7 rings (SSSR count). The molecule has 0 fully saturated rings. The minimum atomic E-state index is -0.762. The second-order valence-corrected chi connectivity index (χ2v) is 19.1. The maximum absolute atomic E-state index is 13.6. The van der Waals surface area contributed by atoms with Gasteiger partial charge in [-0.25, -0.2) is 0 Å². The quantitative estimate of drug-likeness (QED) is 0.126. The van der Waals surface area contributed by atoms with E-state index in [1.54, 1.807) is 32.9 Å². The van der Waals surface area contributed by atoms with Gasteiger partial charge in [-0.1, -0.05) is 113 Å². The predicted octanol–water partition coefficient (Wildman–Crippen LogP) is 8.43. The summed E-state index contributed by atoms with van der Waals surface area (Å²) in [4.78, 5) is 79.9. The van der Waals surface area contributed by atoms with Crippen LogP contribution < -0.4 is 32.9 Å². The van der Waals surface area contributed by atoms with Gasteiger partial charge >= 0.3 is 0 Å². The number of aromatic nitrogens is 2. The maximum atomic E-state index is 13.6. The summed E-state index contributed by atoms with van der Waals surface area (Å²) in [5.41, 5.74) is 3.40. The molecule has 10 nitrogen and oxygen atoms in total. The number of rotatable bonds is 11. The second kappa shape index (κ2) is 16.7. The van der Waals surface area contributed by atoms with Crippen LogP contribution in [0.15, 0.2) is 128 Å². The SMILES string of the molecule is CC(c1cccc(Cn2c(=O)c3cc4c(=O)n(C(C)(C)C)c(=O)c4cc3c2=O)c1)C(C)(C)NC(=O)c1ccc(/C=C/c2ccc(C(=O)NCc3cccc(C(C)(C)C)c3)cc2)cc1. The highest BCUT2D eigenvalue weighted by molar-refractivity contribution is 5.98. The summed E-state index contributed by atoms with van der Waals surface area (Å²) in [5.74, 6) is -0.529. The standard InChI is InChI=1S/C53H54N4O6/c1-32(39-14-10-13-36(26-39)31-56-47(60)41-28-43-44(29-42(41)48(56)61)50(63)57(49(43)62)52(5,6)7)53(8,9)55-46(59)38-24-20-34(21-25-38)17-16-33-18-22-37(23-19-33)45(58)54-30-35-12-11-15-40(27-35)51(2,3)4/h10-29,32H,30-31H2,1-9H3,(H,54,58)(H,55,59)/b17-16+. The zero-order valence-corrected chi connectivity index (χ0v) is 37.4. The Labute approximate surface area is 366 Å². The first-order valence-corrected chi connectivity index (χ1v) is 21.2. The first-order valence-electron chi connectivity index (χ1n) is 21.2. The van der Waals surface area contributed by atoms with Gasteiger partial charge in [0, 0.05) is 34.7 Å². The maximum Gasteiger partial charge on any atom is 0.262 e. The number of hydrogen-bond donors (Lipinski definition) is 2. The van der Waals surface area contributed by atoms with E-state index in [0.717, 1.165) is 31.4 Å². The molecule has 0 radical (unpaired) electrons. The van der Waals surface area contributed by atoms with Gasteiger partial charge in [-0.05, 0) is 110 Å². The number of carbonyl (C=O) groups is 2. The molecule has 0 saturated heterocycles. The third-order valence-corrected chi connectivity index (χ3v) is 12.0. The summed E-state index contributed by atoms with van der Waals surface area (Å²) >= 11 is 0. The molecule has 0 saturated carbocycles. The van der Waals surface area contributed by atoms with E-state index in [4.69, 9.17) is 0 Å². The molecule has 7 aromatic rings. The van der Waals surface area contributed by atoms with E-state index in [-0.39, 0.29) is 51.2 Å². The van der Waals surface area contributed by atoms with E-state index in [1.165, 1.54) is 17.7 Å². The molecule has 1 atom stereocenters. The molecule has 2 heterocycles. The van der Waals surface area contributed by atoms with Crippen molar-refractivity contribution in [3.8, 4) is 0 Å². The number of carbonyl (C=O) groups excluding carboxylic acids is 2. The number of hydrogen-bond acceptors (Lipinski definition) is 6. The highest BCUT2D eigenvalue weighted by Gasteiger charge is 2.30. The molecule has 0 spiro atoms. The zero-order chi connectivity index (χ0) is 45.6. The third-order valence-electron chi connectivity index (χ3n) is 12.0. The highest BCUT2D eigenvalue weighted by Crippen LogP contribution is 2.29. The molecule has 322 valence electrons. The highest BCUT2D eigenvalue weighted by atomic mass is 16.2. The molecule has 10 heteroatoms. The van der Waals surface area contributed by atoms with E-state index >= 15 is 0 Å². The lowest BCUT2D eigenvalue weighted by Crippen LogP contribution is -2.47. The Morgan fingerprint density at radius 2 is 1.08 bits per heavy atom. The van der Waals surface area contributed by atoms with Gasteiger partial charge < -0.3 is 10.6 Å². The van der Waals surface area contributed by atoms with E-state index in [9.17, 15) is 28.8 Å². The normalized spacial score (nSPS) is 12.9. The Balaban J connectivity index is 0.972. The smallest absolute Gasteiger partial charge is 0.262 e. The van der Waals surface area contributed by atoms with Crippen LogP contribution >= 0.6 is 0 Å². The first-order chi connectivity index (χ1) is 29.6. The molecular formula is C53H54N4O6. The minimum Gasteiger partial charge on any atom is -0.348 e. The van der Waals surface area contributed by atoms with Crippen LogP contribution in [0, 0.1) is 0 Å². The number of amides is 2. The number of benzene rings is 5. The number of nitrogens with one attached hydrogen (secondary N) is 2. The molecule has 2 N–H and O–H groups in total. The molecule has 1 unspecified atom stereocenters. The van der Waals surface area contributed by atoms with Gasteiger partial charge in [0.15, 0.2) is 0 Å². The zero-order valence-electron chi connectivity index (χ0n) is 37.4. The molecule has 0 aliphatic rings. The van der Waals surface area contributed by atoms with E-state index < -0.39 is 33.3 Å². The Kier molecular flexibility index (Phi) is 11.7. The lowest BCUT2D eigenvalue weighted by molar-refractivity contribution is 0.0901. The van der Waals surface area contributed by atoms with Crippen molar-refractivity contribution in [2.24, 2.45) is 0 Å². The van der Waals surface area contributed by atoms with E-state index in [2.05, 4.69) is 43.5 Å². The Bertz CT molecular complexity index is 3050. The van der Waals surface area contributed by atoms with E-state index in [0.29, 0.717) is 23.2 Å². The van der Waals surface area contributed by atoms with Crippen molar-refractivity contribution in [2.75, 3.05) is 0 Å². The molecule has 2 aromatic heterocycles. The number of fused-ring (bicyclic) bond motifs is 2. The van der Waals surface area contributed by atoms with Crippen molar-refractivity contribution in [3.05, 3.63) is 195 Å². The van der Waals surface area contributed by atoms with Gasteiger partial charge in [0.2, 0.25) is 0 Å². The first kappa shape index (κ1) is 44.1. The molecule has 63 heavy (non-hydrogen) atoms. The van der Waals surface area contributed by atoms with Crippen molar-refractivity contribution in [3.63, 3.8) is 0 Å². The van der Waals surface area contributed by atoms with Crippen molar-refractivity contribution in [2.45, 2.75) is 97.8 Å². The topological polar surface area (TPSA) is 136 Å². The minimum absolute atomic E-state index is 0.00241. The Morgan fingerprint density at radius 1 is 0.587 bits per heavy atom. The summed E-state index contributed by atoms with van der Waals surface area (Å²) < 4.78 is 2.30. The Hall–Kier alpha value is -6.94.